The largest absolute Gasteiger partial charge is 0.328 e. The second-order valence-electron chi connectivity index (χ2n) is 5.39. The standard InChI is InChI=1S/C12H25N3/c1-10(13)8-11(2)15-7-6-14-5-3-4-12(14)9-15/h10-12H,3-9,13H2,1-2H3. The van der Waals surface area contributed by atoms with Crippen molar-refractivity contribution in [2.75, 3.05) is 26.2 Å². The van der Waals surface area contributed by atoms with Gasteiger partial charge in [-0.05, 0) is 39.7 Å². The SMILES string of the molecule is CC(N)CC(C)N1CCN2CCCC2C1. The van der Waals surface area contributed by atoms with Crippen molar-refractivity contribution >= 4 is 0 Å². The zero-order chi connectivity index (χ0) is 10.8. The number of nitrogens with two attached hydrogens (primary N) is 1. The molecule has 3 atom stereocenters. The lowest BCUT2D eigenvalue weighted by Crippen LogP contribution is -2.53. The summed E-state index contributed by atoms with van der Waals surface area (Å²) in [5.74, 6) is 0. The maximum absolute atomic E-state index is 5.87. The molecule has 0 aromatic rings. The number of hydrogen-bond acceptors (Lipinski definition) is 3. The van der Waals surface area contributed by atoms with Crippen molar-refractivity contribution in [3.63, 3.8) is 0 Å². The Morgan fingerprint density at radius 3 is 2.80 bits per heavy atom. The molecule has 0 aromatic heterocycles. The van der Waals surface area contributed by atoms with Gasteiger partial charge in [0.25, 0.3) is 0 Å². The molecule has 0 aliphatic carbocycles. The molecule has 2 heterocycles. The summed E-state index contributed by atoms with van der Waals surface area (Å²) >= 11 is 0. The van der Waals surface area contributed by atoms with E-state index in [-0.39, 0.29) is 0 Å². The third-order valence-electron chi connectivity index (χ3n) is 3.96. The molecule has 0 aromatic carbocycles. The maximum atomic E-state index is 5.87. The minimum Gasteiger partial charge on any atom is -0.328 e. The van der Waals surface area contributed by atoms with Gasteiger partial charge in [-0.2, -0.15) is 0 Å². The lowest BCUT2D eigenvalue weighted by atomic mass is 10.1. The van der Waals surface area contributed by atoms with Gasteiger partial charge in [-0.15, -0.1) is 0 Å². The molecular weight excluding hydrogens is 186 g/mol. The molecule has 15 heavy (non-hydrogen) atoms. The summed E-state index contributed by atoms with van der Waals surface area (Å²) in [5.41, 5.74) is 5.87. The molecule has 0 saturated carbocycles. The van der Waals surface area contributed by atoms with E-state index in [9.17, 15) is 0 Å². The van der Waals surface area contributed by atoms with Gasteiger partial charge in [-0.3, -0.25) is 9.80 Å². The molecule has 2 rings (SSSR count). The summed E-state index contributed by atoms with van der Waals surface area (Å²) in [6.07, 6.45) is 3.94. The monoisotopic (exact) mass is 211 g/mol. The minimum absolute atomic E-state index is 0.335. The van der Waals surface area contributed by atoms with Crippen molar-refractivity contribution < 1.29 is 0 Å². The van der Waals surface area contributed by atoms with Gasteiger partial charge >= 0.3 is 0 Å². The summed E-state index contributed by atoms with van der Waals surface area (Å²) in [6.45, 7) is 9.56. The first-order valence-electron chi connectivity index (χ1n) is 6.40. The third kappa shape index (κ3) is 2.71. The van der Waals surface area contributed by atoms with Gasteiger partial charge in [0.05, 0.1) is 0 Å². The predicted octanol–water partition coefficient (Wildman–Crippen LogP) is 0.892. The highest BCUT2D eigenvalue weighted by atomic mass is 15.3. The zero-order valence-electron chi connectivity index (χ0n) is 10.2. The number of piperazine rings is 1. The van der Waals surface area contributed by atoms with Gasteiger partial charge in [0.2, 0.25) is 0 Å². The first-order chi connectivity index (χ1) is 7.16. The summed E-state index contributed by atoms with van der Waals surface area (Å²) in [6, 6.07) is 1.84. The van der Waals surface area contributed by atoms with Crippen molar-refractivity contribution in [1.82, 2.24) is 9.80 Å². The van der Waals surface area contributed by atoms with Crippen molar-refractivity contribution in [1.29, 1.82) is 0 Å². The van der Waals surface area contributed by atoms with Crippen LogP contribution in [0.25, 0.3) is 0 Å². The molecule has 88 valence electrons. The van der Waals surface area contributed by atoms with E-state index in [1.165, 1.54) is 39.0 Å². The van der Waals surface area contributed by atoms with Crippen LogP contribution >= 0.6 is 0 Å². The van der Waals surface area contributed by atoms with Crippen LogP contribution in [0.4, 0.5) is 0 Å². The maximum Gasteiger partial charge on any atom is 0.0224 e. The molecule has 0 radical (unpaired) electrons. The van der Waals surface area contributed by atoms with Crippen molar-refractivity contribution in [3.05, 3.63) is 0 Å². The van der Waals surface area contributed by atoms with E-state index in [0.29, 0.717) is 12.1 Å². The molecule has 3 unspecified atom stereocenters. The van der Waals surface area contributed by atoms with Gasteiger partial charge in [-0.1, -0.05) is 0 Å². The number of fused-ring (bicyclic) bond motifs is 1. The highest BCUT2D eigenvalue weighted by molar-refractivity contribution is 4.88. The van der Waals surface area contributed by atoms with E-state index in [0.717, 1.165) is 12.5 Å². The minimum atomic E-state index is 0.335. The number of rotatable bonds is 3. The lowest BCUT2D eigenvalue weighted by Gasteiger charge is -2.41. The van der Waals surface area contributed by atoms with Crippen LogP contribution in [-0.2, 0) is 0 Å². The van der Waals surface area contributed by atoms with Crippen LogP contribution in [0.15, 0.2) is 0 Å². The summed E-state index contributed by atoms with van der Waals surface area (Å²) < 4.78 is 0. The fraction of sp³-hybridized carbons (Fsp3) is 1.00. The Kier molecular flexibility index (Phi) is 3.65. The van der Waals surface area contributed by atoms with Crippen molar-refractivity contribution in [2.24, 2.45) is 5.73 Å². The second kappa shape index (κ2) is 4.81. The van der Waals surface area contributed by atoms with Gasteiger partial charge in [-0.25, -0.2) is 0 Å². The van der Waals surface area contributed by atoms with E-state index in [1.807, 2.05) is 0 Å². The van der Waals surface area contributed by atoms with E-state index in [2.05, 4.69) is 23.6 Å². The first-order valence-corrected chi connectivity index (χ1v) is 6.40. The predicted molar refractivity (Wildman–Crippen MR) is 63.9 cm³/mol. The van der Waals surface area contributed by atoms with Gasteiger partial charge in [0.15, 0.2) is 0 Å². The van der Waals surface area contributed by atoms with Crippen LogP contribution in [0.3, 0.4) is 0 Å². The molecule has 2 saturated heterocycles. The topological polar surface area (TPSA) is 32.5 Å². The fourth-order valence-corrected chi connectivity index (χ4v) is 3.10. The Morgan fingerprint density at radius 2 is 2.07 bits per heavy atom. The Balaban J connectivity index is 1.84. The third-order valence-corrected chi connectivity index (χ3v) is 3.96. The van der Waals surface area contributed by atoms with Crippen LogP contribution < -0.4 is 5.73 Å². The van der Waals surface area contributed by atoms with Crippen LogP contribution in [0.2, 0.25) is 0 Å². The molecule has 2 N–H and O–H groups in total. The van der Waals surface area contributed by atoms with Gasteiger partial charge in [0, 0.05) is 37.8 Å². The quantitative estimate of drug-likeness (QED) is 0.752. The van der Waals surface area contributed by atoms with Crippen molar-refractivity contribution in [2.45, 2.75) is 51.2 Å². The fourth-order valence-electron chi connectivity index (χ4n) is 3.10. The molecule has 2 fully saturated rings. The smallest absolute Gasteiger partial charge is 0.0224 e. The van der Waals surface area contributed by atoms with E-state index < -0.39 is 0 Å². The van der Waals surface area contributed by atoms with Crippen molar-refractivity contribution in [3.8, 4) is 0 Å². The van der Waals surface area contributed by atoms with E-state index >= 15 is 0 Å². The molecule has 0 spiro atoms. The molecule has 3 nitrogen and oxygen atoms in total. The van der Waals surface area contributed by atoms with Crippen LogP contribution in [0.5, 0.6) is 0 Å². The van der Waals surface area contributed by atoms with Crippen LogP contribution in [0, 0.1) is 0 Å². The normalized spacial score (nSPS) is 32.6. The van der Waals surface area contributed by atoms with Gasteiger partial charge < -0.3 is 5.73 Å². The second-order valence-corrected chi connectivity index (χ2v) is 5.39. The lowest BCUT2D eigenvalue weighted by molar-refractivity contribution is 0.0725. The highest BCUT2D eigenvalue weighted by Crippen LogP contribution is 2.23. The Labute approximate surface area is 93.6 Å². The van der Waals surface area contributed by atoms with Gasteiger partial charge in [0.1, 0.15) is 0 Å². The van der Waals surface area contributed by atoms with Crippen LogP contribution in [-0.4, -0.2) is 54.1 Å². The Morgan fingerprint density at radius 1 is 1.27 bits per heavy atom. The Bertz CT molecular complexity index is 205. The average molecular weight is 211 g/mol. The molecule has 0 amide bonds. The first kappa shape index (κ1) is 11.4. The molecule has 2 aliphatic heterocycles. The molecular formula is C12H25N3. The number of nitrogens with zero attached hydrogens (tertiary/aromatic N) is 2. The molecule has 2 aliphatic rings. The highest BCUT2D eigenvalue weighted by Gasteiger charge is 2.32. The van der Waals surface area contributed by atoms with Crippen LogP contribution in [0.1, 0.15) is 33.1 Å². The summed E-state index contributed by atoms with van der Waals surface area (Å²) in [7, 11) is 0. The number of hydrogen-bond donors (Lipinski definition) is 1. The van der Waals surface area contributed by atoms with E-state index in [4.69, 9.17) is 5.73 Å². The zero-order valence-corrected chi connectivity index (χ0v) is 10.2. The summed E-state index contributed by atoms with van der Waals surface area (Å²) in [4.78, 5) is 5.30. The Hall–Kier alpha value is -0.120. The summed E-state index contributed by atoms with van der Waals surface area (Å²) in [5, 5.41) is 0. The molecule has 0 bridgehead atoms. The average Bonchev–Trinajstić information content (AvgIpc) is 2.62. The van der Waals surface area contributed by atoms with E-state index in [1.54, 1.807) is 0 Å². The molecule has 3 heteroatoms.